The predicted octanol–water partition coefficient (Wildman–Crippen LogP) is 4.57. The molecule has 2 aromatic heterocycles. The number of anilines is 2. The molecule has 1 atom stereocenters. The molecule has 0 aliphatic carbocycles. The van der Waals surface area contributed by atoms with E-state index in [0.29, 0.717) is 23.6 Å². The summed E-state index contributed by atoms with van der Waals surface area (Å²) in [7, 11) is 0. The molecule has 7 nitrogen and oxygen atoms in total. The van der Waals surface area contributed by atoms with Crippen LogP contribution in [0, 0.1) is 12.7 Å². The van der Waals surface area contributed by atoms with E-state index in [0.717, 1.165) is 34.4 Å². The van der Waals surface area contributed by atoms with Crippen molar-refractivity contribution in [3.05, 3.63) is 77.5 Å². The van der Waals surface area contributed by atoms with Crippen LogP contribution in [0.3, 0.4) is 0 Å². The quantitative estimate of drug-likeness (QED) is 0.443. The number of nitrogens with zero attached hydrogens (tertiary/aromatic N) is 3. The van der Waals surface area contributed by atoms with E-state index in [-0.39, 0.29) is 17.6 Å². The minimum absolute atomic E-state index is 0.0774. The molecule has 2 aromatic carbocycles. The molecule has 0 saturated heterocycles. The zero-order valence-electron chi connectivity index (χ0n) is 17.6. The van der Waals surface area contributed by atoms with Gasteiger partial charge < -0.3 is 15.6 Å². The van der Waals surface area contributed by atoms with Crippen LogP contribution in [0.25, 0.3) is 22.8 Å². The van der Waals surface area contributed by atoms with Crippen LogP contribution in [0.15, 0.2) is 54.9 Å². The lowest BCUT2D eigenvalue weighted by molar-refractivity contribution is 0.0941. The van der Waals surface area contributed by atoms with Crippen LogP contribution in [0.2, 0.25) is 0 Å². The number of carbonyl (C=O) groups excluding carboxylic acids is 1. The number of benzene rings is 2. The summed E-state index contributed by atoms with van der Waals surface area (Å²) in [5, 5.41) is 5.90. The Morgan fingerprint density at radius 3 is 2.59 bits per heavy atom. The number of hydrogen-bond acceptors (Lipinski definition) is 5. The van der Waals surface area contributed by atoms with Gasteiger partial charge in [-0.05, 0) is 36.6 Å². The largest absolute Gasteiger partial charge is 0.351 e. The Bertz CT molecular complexity index is 1310. The van der Waals surface area contributed by atoms with Crippen molar-refractivity contribution in [2.75, 3.05) is 11.9 Å². The van der Waals surface area contributed by atoms with E-state index >= 15 is 0 Å². The molecule has 3 N–H and O–H groups in total. The molecular formula is C24H21FN6O. The number of carbonyl (C=O) groups is 1. The van der Waals surface area contributed by atoms with Crippen LogP contribution >= 0.6 is 0 Å². The second-order valence-electron chi connectivity index (χ2n) is 7.92. The van der Waals surface area contributed by atoms with Gasteiger partial charge in [-0.1, -0.05) is 31.2 Å². The monoisotopic (exact) mass is 428 g/mol. The van der Waals surface area contributed by atoms with E-state index in [1.807, 2.05) is 44.2 Å². The van der Waals surface area contributed by atoms with E-state index in [2.05, 4.69) is 30.6 Å². The standard InChI is InChI=1S/C24H21FN6O/c1-13-10-28-24(32)18-8-7-17(9-19(13)18)30-23-20(25)12-27-22(31-23)16-5-3-15(4-6-16)21-26-11-14(2)29-21/h3-9,11-13H,10H2,1-2H3,(H,26,29)(H,28,32)(H,27,30,31). The molecule has 160 valence electrons. The average molecular weight is 428 g/mol. The first kappa shape index (κ1) is 19.9. The summed E-state index contributed by atoms with van der Waals surface area (Å²) in [6, 6.07) is 13.0. The highest BCUT2D eigenvalue weighted by atomic mass is 19.1. The summed E-state index contributed by atoms with van der Waals surface area (Å²) < 4.78 is 14.5. The number of fused-ring (bicyclic) bond motifs is 1. The number of halogens is 1. The van der Waals surface area contributed by atoms with Gasteiger partial charge in [0.15, 0.2) is 17.5 Å². The van der Waals surface area contributed by atoms with Crippen molar-refractivity contribution in [1.29, 1.82) is 0 Å². The molecule has 8 heteroatoms. The first-order valence-corrected chi connectivity index (χ1v) is 10.3. The van der Waals surface area contributed by atoms with Crippen LogP contribution in [0.5, 0.6) is 0 Å². The third-order valence-electron chi connectivity index (χ3n) is 5.52. The van der Waals surface area contributed by atoms with Gasteiger partial charge in [0.2, 0.25) is 0 Å². The second kappa shape index (κ2) is 7.88. The van der Waals surface area contributed by atoms with E-state index in [1.54, 1.807) is 18.3 Å². The third-order valence-corrected chi connectivity index (χ3v) is 5.52. The maximum atomic E-state index is 14.5. The number of rotatable bonds is 4. The minimum Gasteiger partial charge on any atom is -0.351 e. The molecule has 4 aromatic rings. The molecule has 0 fully saturated rings. The molecule has 0 bridgehead atoms. The van der Waals surface area contributed by atoms with Crippen molar-refractivity contribution in [1.82, 2.24) is 25.3 Å². The van der Waals surface area contributed by atoms with Crippen LogP contribution in [-0.4, -0.2) is 32.4 Å². The molecular weight excluding hydrogens is 407 g/mol. The molecule has 0 radical (unpaired) electrons. The summed E-state index contributed by atoms with van der Waals surface area (Å²) >= 11 is 0. The van der Waals surface area contributed by atoms with Crippen molar-refractivity contribution >= 4 is 17.4 Å². The number of amides is 1. The molecule has 1 unspecified atom stereocenters. The van der Waals surface area contributed by atoms with Crippen LogP contribution in [-0.2, 0) is 0 Å². The van der Waals surface area contributed by atoms with Crippen molar-refractivity contribution in [2.45, 2.75) is 19.8 Å². The molecule has 1 amide bonds. The Labute approximate surface area is 184 Å². The highest BCUT2D eigenvalue weighted by molar-refractivity contribution is 5.97. The minimum atomic E-state index is -0.556. The van der Waals surface area contributed by atoms with Crippen molar-refractivity contribution in [3.8, 4) is 22.8 Å². The molecule has 32 heavy (non-hydrogen) atoms. The first-order chi connectivity index (χ1) is 15.5. The first-order valence-electron chi connectivity index (χ1n) is 10.3. The molecule has 1 aliphatic heterocycles. The summed E-state index contributed by atoms with van der Waals surface area (Å²) in [5.74, 6) is 0.794. The zero-order valence-corrected chi connectivity index (χ0v) is 17.6. The van der Waals surface area contributed by atoms with Crippen molar-refractivity contribution in [2.24, 2.45) is 0 Å². The van der Waals surface area contributed by atoms with Gasteiger partial charge in [-0.25, -0.2) is 19.3 Å². The van der Waals surface area contributed by atoms with Crippen LogP contribution in [0.4, 0.5) is 15.9 Å². The third kappa shape index (κ3) is 3.71. The van der Waals surface area contributed by atoms with Gasteiger partial charge in [0.25, 0.3) is 5.91 Å². The van der Waals surface area contributed by atoms with Crippen molar-refractivity contribution in [3.63, 3.8) is 0 Å². The number of hydrogen-bond donors (Lipinski definition) is 3. The number of nitrogens with one attached hydrogen (secondary N) is 3. The normalized spacial score (nSPS) is 15.2. The van der Waals surface area contributed by atoms with Gasteiger partial charge in [-0.3, -0.25) is 4.79 Å². The lowest BCUT2D eigenvalue weighted by Gasteiger charge is -2.23. The SMILES string of the molecule is Cc1cnc(-c2ccc(-c3ncc(F)c(Nc4ccc5c(c4)C(C)CNC5=O)n3)cc2)[nH]1. The fourth-order valence-electron chi connectivity index (χ4n) is 3.77. The fourth-order valence-corrected chi connectivity index (χ4v) is 3.77. The van der Waals surface area contributed by atoms with Gasteiger partial charge in [0, 0.05) is 40.8 Å². The van der Waals surface area contributed by atoms with E-state index in [9.17, 15) is 9.18 Å². The summed E-state index contributed by atoms with van der Waals surface area (Å²) in [5.41, 5.74) is 4.92. The van der Waals surface area contributed by atoms with Gasteiger partial charge in [0.05, 0.1) is 6.20 Å². The summed E-state index contributed by atoms with van der Waals surface area (Å²) in [4.78, 5) is 28.1. The maximum absolute atomic E-state index is 14.5. The molecule has 3 heterocycles. The smallest absolute Gasteiger partial charge is 0.251 e. The van der Waals surface area contributed by atoms with E-state index in [4.69, 9.17) is 0 Å². The Balaban J connectivity index is 1.42. The number of H-pyrrole nitrogens is 1. The lowest BCUT2D eigenvalue weighted by Crippen LogP contribution is -2.33. The van der Waals surface area contributed by atoms with Crippen LogP contribution in [0.1, 0.15) is 34.5 Å². The van der Waals surface area contributed by atoms with Gasteiger partial charge >= 0.3 is 0 Å². The highest BCUT2D eigenvalue weighted by Gasteiger charge is 2.22. The predicted molar refractivity (Wildman–Crippen MR) is 120 cm³/mol. The van der Waals surface area contributed by atoms with E-state index < -0.39 is 5.82 Å². The molecule has 0 spiro atoms. The van der Waals surface area contributed by atoms with Crippen molar-refractivity contribution < 1.29 is 9.18 Å². The molecule has 0 saturated carbocycles. The number of aromatic amines is 1. The van der Waals surface area contributed by atoms with Gasteiger partial charge in [-0.15, -0.1) is 0 Å². The lowest BCUT2D eigenvalue weighted by atomic mass is 9.91. The topological polar surface area (TPSA) is 95.6 Å². The van der Waals surface area contributed by atoms with Crippen LogP contribution < -0.4 is 10.6 Å². The summed E-state index contributed by atoms with van der Waals surface area (Å²) in [6.45, 7) is 4.57. The Kier molecular flexibility index (Phi) is 4.89. The van der Waals surface area contributed by atoms with Gasteiger partial charge in [-0.2, -0.15) is 0 Å². The highest BCUT2D eigenvalue weighted by Crippen LogP contribution is 2.29. The zero-order chi connectivity index (χ0) is 22.2. The number of imidazole rings is 1. The van der Waals surface area contributed by atoms with Gasteiger partial charge in [0.1, 0.15) is 5.82 Å². The maximum Gasteiger partial charge on any atom is 0.251 e. The molecule has 1 aliphatic rings. The average Bonchev–Trinajstić information content (AvgIpc) is 3.24. The Hall–Kier alpha value is -4.07. The Morgan fingerprint density at radius 1 is 1.06 bits per heavy atom. The second-order valence-corrected chi connectivity index (χ2v) is 7.92. The fraction of sp³-hybridized carbons (Fsp3) is 0.167. The Morgan fingerprint density at radius 2 is 1.84 bits per heavy atom. The number of aryl methyl sites for hydroxylation is 1. The summed E-state index contributed by atoms with van der Waals surface area (Å²) in [6.07, 6.45) is 2.93. The van der Waals surface area contributed by atoms with E-state index in [1.165, 1.54) is 0 Å². The number of aromatic nitrogens is 4. The molecule has 5 rings (SSSR count).